The molecule has 2 aliphatic heterocycles. The van der Waals surface area contributed by atoms with Crippen LogP contribution >= 0.6 is 0 Å². The van der Waals surface area contributed by atoms with Crippen LogP contribution in [-0.2, 0) is 11.3 Å². The number of carbonyl (C=O) groups excluding carboxylic acids is 1. The first-order chi connectivity index (χ1) is 13.2. The van der Waals surface area contributed by atoms with Crippen LogP contribution in [0.15, 0.2) is 48.0 Å². The summed E-state index contributed by atoms with van der Waals surface area (Å²) in [6.07, 6.45) is 2.06. The zero-order chi connectivity index (χ0) is 18.8. The SMILES string of the molecule is CCOC(=O)c1ccc2c(c1)C(=C1CCN(C)CC1)c1ccccc1CO2. The van der Waals surface area contributed by atoms with Crippen LogP contribution in [0.1, 0.15) is 46.8 Å². The topological polar surface area (TPSA) is 38.8 Å². The van der Waals surface area contributed by atoms with Crippen LogP contribution < -0.4 is 4.74 Å². The summed E-state index contributed by atoms with van der Waals surface area (Å²) >= 11 is 0. The number of hydrogen-bond acceptors (Lipinski definition) is 4. The highest BCUT2D eigenvalue weighted by Crippen LogP contribution is 2.41. The Bertz CT molecular complexity index is 890. The maximum atomic E-state index is 12.3. The lowest BCUT2D eigenvalue weighted by Gasteiger charge is -2.27. The molecule has 0 radical (unpaired) electrons. The molecule has 0 atom stereocenters. The summed E-state index contributed by atoms with van der Waals surface area (Å²) in [6.45, 7) is 4.84. The molecule has 0 aromatic heterocycles. The third-order valence-corrected chi connectivity index (χ3v) is 5.37. The number of likely N-dealkylation sites (tertiary alicyclic amines) is 1. The second-order valence-electron chi connectivity index (χ2n) is 7.16. The third kappa shape index (κ3) is 3.50. The Morgan fingerprint density at radius 3 is 2.67 bits per heavy atom. The molecule has 2 aliphatic rings. The molecule has 2 heterocycles. The lowest BCUT2D eigenvalue weighted by atomic mass is 9.86. The van der Waals surface area contributed by atoms with Gasteiger partial charge >= 0.3 is 5.97 Å². The minimum Gasteiger partial charge on any atom is -0.488 e. The quantitative estimate of drug-likeness (QED) is 0.747. The lowest BCUT2D eigenvalue weighted by molar-refractivity contribution is 0.0526. The van der Waals surface area contributed by atoms with Crippen molar-refractivity contribution in [1.29, 1.82) is 0 Å². The van der Waals surface area contributed by atoms with Gasteiger partial charge in [-0.3, -0.25) is 0 Å². The number of hydrogen-bond donors (Lipinski definition) is 0. The predicted octanol–water partition coefficient (Wildman–Crippen LogP) is 4.28. The van der Waals surface area contributed by atoms with E-state index in [4.69, 9.17) is 9.47 Å². The molecule has 2 aromatic rings. The van der Waals surface area contributed by atoms with Crippen LogP contribution in [0.4, 0.5) is 0 Å². The van der Waals surface area contributed by atoms with E-state index in [0.29, 0.717) is 18.8 Å². The number of carbonyl (C=O) groups is 1. The summed E-state index contributed by atoms with van der Waals surface area (Å²) < 4.78 is 11.3. The predicted molar refractivity (Wildman–Crippen MR) is 106 cm³/mol. The van der Waals surface area contributed by atoms with Gasteiger partial charge in [-0.15, -0.1) is 0 Å². The van der Waals surface area contributed by atoms with Gasteiger partial charge in [-0.05, 0) is 61.7 Å². The fraction of sp³-hybridized carbons (Fsp3) is 0.348. The first-order valence-electron chi connectivity index (χ1n) is 9.60. The molecule has 0 spiro atoms. The highest BCUT2D eigenvalue weighted by Gasteiger charge is 2.25. The zero-order valence-electron chi connectivity index (χ0n) is 16.0. The molecule has 1 fully saturated rings. The van der Waals surface area contributed by atoms with Crippen LogP contribution in [0.5, 0.6) is 5.75 Å². The Balaban J connectivity index is 1.89. The Labute approximate surface area is 160 Å². The highest BCUT2D eigenvalue weighted by molar-refractivity contribution is 5.94. The molecule has 0 N–H and O–H groups in total. The first kappa shape index (κ1) is 17.8. The van der Waals surface area contributed by atoms with Gasteiger partial charge in [-0.2, -0.15) is 0 Å². The third-order valence-electron chi connectivity index (χ3n) is 5.37. The Hall–Kier alpha value is -2.59. The largest absolute Gasteiger partial charge is 0.488 e. The van der Waals surface area contributed by atoms with Gasteiger partial charge in [-0.1, -0.05) is 29.8 Å². The van der Waals surface area contributed by atoms with Crippen molar-refractivity contribution in [2.24, 2.45) is 0 Å². The molecular formula is C23H25NO3. The number of benzene rings is 2. The molecule has 0 bridgehead atoms. The first-order valence-corrected chi connectivity index (χ1v) is 9.60. The Morgan fingerprint density at radius 1 is 1.11 bits per heavy atom. The van der Waals surface area contributed by atoms with Crippen molar-refractivity contribution in [3.63, 3.8) is 0 Å². The molecular weight excluding hydrogens is 338 g/mol. The van der Waals surface area contributed by atoms with Crippen molar-refractivity contribution in [2.45, 2.75) is 26.4 Å². The average molecular weight is 363 g/mol. The second kappa shape index (κ2) is 7.57. The molecule has 4 rings (SSSR count). The molecule has 0 aliphatic carbocycles. The second-order valence-corrected chi connectivity index (χ2v) is 7.16. The number of rotatable bonds is 2. The summed E-state index contributed by atoms with van der Waals surface area (Å²) in [7, 11) is 2.17. The van der Waals surface area contributed by atoms with E-state index in [9.17, 15) is 4.79 Å². The van der Waals surface area contributed by atoms with Crippen LogP contribution in [0.2, 0.25) is 0 Å². The maximum absolute atomic E-state index is 12.3. The molecule has 0 unspecified atom stereocenters. The normalized spacial score (nSPS) is 16.8. The summed E-state index contributed by atoms with van der Waals surface area (Å²) in [6, 6.07) is 14.1. The number of nitrogens with zero attached hydrogens (tertiary/aromatic N) is 1. The van der Waals surface area contributed by atoms with Crippen molar-refractivity contribution >= 4 is 11.5 Å². The number of piperidine rings is 1. The van der Waals surface area contributed by atoms with Crippen LogP contribution in [0, 0.1) is 0 Å². The number of ether oxygens (including phenoxy) is 2. The fourth-order valence-corrected chi connectivity index (χ4v) is 3.90. The maximum Gasteiger partial charge on any atom is 0.338 e. The van der Waals surface area contributed by atoms with Gasteiger partial charge in [0.15, 0.2) is 0 Å². The molecule has 1 saturated heterocycles. The molecule has 4 heteroatoms. The van der Waals surface area contributed by atoms with Crippen molar-refractivity contribution in [3.05, 3.63) is 70.3 Å². The minimum absolute atomic E-state index is 0.287. The fourth-order valence-electron chi connectivity index (χ4n) is 3.90. The number of esters is 1. The lowest BCUT2D eigenvalue weighted by Crippen LogP contribution is -2.27. The molecule has 0 saturated carbocycles. The van der Waals surface area contributed by atoms with E-state index in [-0.39, 0.29) is 5.97 Å². The van der Waals surface area contributed by atoms with E-state index in [1.165, 1.54) is 22.3 Å². The summed E-state index contributed by atoms with van der Waals surface area (Å²) in [5.41, 5.74) is 6.66. The number of fused-ring (bicyclic) bond motifs is 2. The highest BCUT2D eigenvalue weighted by atomic mass is 16.5. The van der Waals surface area contributed by atoms with Gasteiger partial charge in [0.05, 0.1) is 12.2 Å². The van der Waals surface area contributed by atoms with Gasteiger partial charge in [0.2, 0.25) is 0 Å². The minimum atomic E-state index is -0.287. The van der Waals surface area contributed by atoms with E-state index >= 15 is 0 Å². The van der Waals surface area contributed by atoms with Crippen LogP contribution in [0.25, 0.3) is 5.57 Å². The van der Waals surface area contributed by atoms with Crippen molar-refractivity contribution in [3.8, 4) is 5.75 Å². The Kier molecular flexibility index (Phi) is 4.99. The standard InChI is InChI=1S/C23H25NO3/c1-3-26-23(25)17-8-9-21-20(14-17)22(16-10-12-24(2)13-11-16)19-7-5-4-6-18(19)15-27-21/h4-9,14H,3,10-13,15H2,1-2H3. The van der Waals surface area contributed by atoms with Gasteiger partial charge in [-0.25, -0.2) is 4.79 Å². The van der Waals surface area contributed by atoms with Crippen LogP contribution in [0.3, 0.4) is 0 Å². The summed E-state index contributed by atoms with van der Waals surface area (Å²) in [5, 5.41) is 0. The van der Waals surface area contributed by atoms with E-state index in [1.54, 1.807) is 6.07 Å². The van der Waals surface area contributed by atoms with Crippen molar-refractivity contribution in [1.82, 2.24) is 4.90 Å². The van der Waals surface area contributed by atoms with E-state index in [0.717, 1.165) is 37.2 Å². The van der Waals surface area contributed by atoms with Gasteiger partial charge in [0.25, 0.3) is 0 Å². The monoisotopic (exact) mass is 363 g/mol. The molecule has 4 nitrogen and oxygen atoms in total. The van der Waals surface area contributed by atoms with E-state index in [2.05, 4.69) is 36.2 Å². The summed E-state index contributed by atoms with van der Waals surface area (Å²) in [5.74, 6) is 0.547. The zero-order valence-corrected chi connectivity index (χ0v) is 16.0. The molecule has 27 heavy (non-hydrogen) atoms. The van der Waals surface area contributed by atoms with E-state index in [1.807, 2.05) is 19.1 Å². The smallest absolute Gasteiger partial charge is 0.338 e. The van der Waals surface area contributed by atoms with E-state index < -0.39 is 0 Å². The Morgan fingerprint density at radius 2 is 1.89 bits per heavy atom. The summed E-state index contributed by atoms with van der Waals surface area (Å²) in [4.78, 5) is 14.7. The molecule has 2 aromatic carbocycles. The van der Waals surface area contributed by atoms with Gasteiger partial charge in [0.1, 0.15) is 12.4 Å². The van der Waals surface area contributed by atoms with Gasteiger partial charge < -0.3 is 14.4 Å². The average Bonchev–Trinajstić information content (AvgIpc) is 2.85. The van der Waals surface area contributed by atoms with Crippen LogP contribution in [-0.4, -0.2) is 37.6 Å². The van der Waals surface area contributed by atoms with Crippen molar-refractivity contribution < 1.29 is 14.3 Å². The van der Waals surface area contributed by atoms with Crippen molar-refractivity contribution in [2.75, 3.05) is 26.7 Å². The van der Waals surface area contributed by atoms with Gasteiger partial charge in [0, 0.05) is 18.7 Å². The molecule has 0 amide bonds. The molecule has 140 valence electrons.